The van der Waals surface area contributed by atoms with Crippen molar-refractivity contribution in [2.45, 2.75) is 6.92 Å². The highest BCUT2D eigenvalue weighted by Crippen LogP contribution is 2.23. The Labute approximate surface area is 101 Å². The molecule has 86 valence electrons. The minimum atomic E-state index is -0.0817. The van der Waals surface area contributed by atoms with Gasteiger partial charge in [0.2, 0.25) is 0 Å². The SMILES string of the molecule is C#CCOc1cc(OCC#C)cc(C(C)=O)c1. The van der Waals surface area contributed by atoms with Crippen molar-refractivity contribution < 1.29 is 14.3 Å². The number of terminal acetylenes is 2. The number of Topliss-reactive ketones (excluding diaryl/α,β-unsaturated/α-hetero) is 1. The molecule has 3 heteroatoms. The first-order valence-corrected chi connectivity index (χ1v) is 4.96. The maximum Gasteiger partial charge on any atom is 0.160 e. The number of carbonyl (C=O) groups excluding carboxylic acids is 1. The Hall–Kier alpha value is -2.39. The van der Waals surface area contributed by atoms with Crippen LogP contribution in [0.3, 0.4) is 0 Å². The molecule has 0 radical (unpaired) electrons. The molecule has 1 rings (SSSR count). The van der Waals surface area contributed by atoms with Crippen LogP contribution in [0.15, 0.2) is 18.2 Å². The molecule has 0 unspecified atom stereocenters. The molecule has 0 aliphatic rings. The Kier molecular flexibility index (Phi) is 4.66. The van der Waals surface area contributed by atoms with Crippen molar-refractivity contribution in [1.29, 1.82) is 0 Å². The van der Waals surface area contributed by atoms with E-state index in [1.807, 2.05) is 0 Å². The first-order chi connectivity index (χ1) is 8.17. The molecular weight excluding hydrogens is 216 g/mol. The van der Waals surface area contributed by atoms with Crippen LogP contribution in [0.5, 0.6) is 11.5 Å². The molecule has 0 saturated heterocycles. The van der Waals surface area contributed by atoms with Gasteiger partial charge in [0.25, 0.3) is 0 Å². The fourth-order valence-electron chi connectivity index (χ4n) is 1.19. The molecule has 0 N–H and O–H groups in total. The zero-order valence-electron chi connectivity index (χ0n) is 9.53. The average molecular weight is 228 g/mol. The first kappa shape index (κ1) is 12.7. The van der Waals surface area contributed by atoms with Gasteiger partial charge in [-0.15, -0.1) is 12.8 Å². The molecule has 17 heavy (non-hydrogen) atoms. The fraction of sp³-hybridized carbons (Fsp3) is 0.214. The molecule has 1 aromatic carbocycles. The highest BCUT2D eigenvalue weighted by Gasteiger charge is 2.06. The number of benzene rings is 1. The lowest BCUT2D eigenvalue weighted by Gasteiger charge is -2.08. The monoisotopic (exact) mass is 228 g/mol. The molecule has 0 aliphatic carbocycles. The van der Waals surface area contributed by atoms with E-state index >= 15 is 0 Å². The minimum Gasteiger partial charge on any atom is -0.481 e. The summed E-state index contributed by atoms with van der Waals surface area (Å²) >= 11 is 0. The topological polar surface area (TPSA) is 35.5 Å². The number of rotatable bonds is 5. The molecule has 0 bridgehead atoms. The first-order valence-electron chi connectivity index (χ1n) is 4.96. The molecule has 0 heterocycles. The molecule has 0 amide bonds. The molecule has 0 aliphatic heterocycles. The molecule has 3 nitrogen and oxygen atoms in total. The zero-order chi connectivity index (χ0) is 12.7. The van der Waals surface area contributed by atoms with Gasteiger partial charge in [0.15, 0.2) is 5.78 Å². The van der Waals surface area contributed by atoms with Crippen LogP contribution in [0, 0.1) is 24.7 Å². The second-order valence-electron chi connectivity index (χ2n) is 3.23. The third-order valence-corrected chi connectivity index (χ3v) is 1.93. The summed E-state index contributed by atoms with van der Waals surface area (Å²) < 4.78 is 10.5. The lowest BCUT2D eigenvalue weighted by molar-refractivity contribution is 0.101. The Bertz CT molecular complexity index is 453. The lowest BCUT2D eigenvalue weighted by atomic mass is 10.1. The summed E-state index contributed by atoms with van der Waals surface area (Å²) in [4.78, 5) is 11.3. The summed E-state index contributed by atoms with van der Waals surface area (Å²) in [6, 6.07) is 4.87. The fourth-order valence-corrected chi connectivity index (χ4v) is 1.19. The Morgan fingerprint density at radius 3 is 1.94 bits per heavy atom. The van der Waals surface area contributed by atoms with E-state index in [1.165, 1.54) is 6.92 Å². The van der Waals surface area contributed by atoms with Gasteiger partial charge in [-0.05, 0) is 19.1 Å². The van der Waals surface area contributed by atoms with Gasteiger partial charge in [0.05, 0.1) is 0 Å². The number of hydrogen-bond acceptors (Lipinski definition) is 3. The van der Waals surface area contributed by atoms with Crippen molar-refractivity contribution >= 4 is 5.78 Å². The minimum absolute atomic E-state index is 0.0817. The van der Waals surface area contributed by atoms with Crippen molar-refractivity contribution in [1.82, 2.24) is 0 Å². The molecule has 0 fully saturated rings. The highest BCUT2D eigenvalue weighted by molar-refractivity contribution is 5.94. The summed E-state index contributed by atoms with van der Waals surface area (Å²) in [6.45, 7) is 1.73. The molecular formula is C14H12O3. The maximum absolute atomic E-state index is 11.3. The zero-order valence-corrected chi connectivity index (χ0v) is 9.53. The van der Waals surface area contributed by atoms with Crippen LogP contribution in [0.25, 0.3) is 0 Å². The van der Waals surface area contributed by atoms with Crippen LogP contribution >= 0.6 is 0 Å². The van der Waals surface area contributed by atoms with E-state index in [4.69, 9.17) is 22.3 Å². The summed E-state index contributed by atoms with van der Waals surface area (Å²) in [5, 5.41) is 0. The summed E-state index contributed by atoms with van der Waals surface area (Å²) in [7, 11) is 0. The molecule has 0 spiro atoms. The molecule has 0 atom stereocenters. The van der Waals surface area contributed by atoms with E-state index in [9.17, 15) is 4.79 Å². The Morgan fingerprint density at radius 1 is 1.12 bits per heavy atom. The predicted octanol–water partition coefficient (Wildman–Crippen LogP) is 1.91. The van der Waals surface area contributed by atoms with Crippen LogP contribution in [-0.2, 0) is 0 Å². The highest BCUT2D eigenvalue weighted by atomic mass is 16.5. The van der Waals surface area contributed by atoms with Gasteiger partial charge in [-0.25, -0.2) is 0 Å². The number of hydrogen-bond donors (Lipinski definition) is 0. The van der Waals surface area contributed by atoms with Gasteiger partial charge in [0.1, 0.15) is 24.7 Å². The summed E-state index contributed by atoms with van der Waals surface area (Å²) in [5.74, 6) is 5.59. The van der Waals surface area contributed by atoms with E-state index < -0.39 is 0 Å². The predicted molar refractivity (Wildman–Crippen MR) is 65.1 cm³/mol. The van der Waals surface area contributed by atoms with Crippen LogP contribution < -0.4 is 9.47 Å². The van der Waals surface area contributed by atoms with Crippen molar-refractivity contribution in [3.63, 3.8) is 0 Å². The standard InChI is InChI=1S/C14H12O3/c1-4-6-16-13-8-12(11(3)15)9-14(10-13)17-7-5-2/h1-2,8-10H,6-7H2,3H3. The van der Waals surface area contributed by atoms with Gasteiger partial charge >= 0.3 is 0 Å². The van der Waals surface area contributed by atoms with E-state index in [1.54, 1.807) is 18.2 Å². The molecule has 0 saturated carbocycles. The third kappa shape index (κ3) is 3.93. The Morgan fingerprint density at radius 2 is 1.59 bits per heavy atom. The lowest BCUT2D eigenvalue weighted by Crippen LogP contribution is -2.00. The van der Waals surface area contributed by atoms with Crippen LogP contribution in [0.1, 0.15) is 17.3 Å². The normalized spacial score (nSPS) is 8.88. The van der Waals surface area contributed by atoms with Crippen LogP contribution in [0.4, 0.5) is 0 Å². The van der Waals surface area contributed by atoms with Crippen molar-refractivity contribution in [3.05, 3.63) is 23.8 Å². The van der Waals surface area contributed by atoms with Crippen molar-refractivity contribution in [2.75, 3.05) is 13.2 Å². The van der Waals surface area contributed by atoms with Gasteiger partial charge in [-0.2, -0.15) is 0 Å². The van der Waals surface area contributed by atoms with Gasteiger partial charge in [-0.3, -0.25) is 4.79 Å². The van der Waals surface area contributed by atoms with Gasteiger partial charge in [0, 0.05) is 11.6 Å². The van der Waals surface area contributed by atoms with E-state index in [0.717, 1.165) is 0 Å². The van der Waals surface area contributed by atoms with Crippen LogP contribution in [-0.4, -0.2) is 19.0 Å². The molecule has 1 aromatic rings. The second kappa shape index (κ2) is 6.25. The second-order valence-corrected chi connectivity index (χ2v) is 3.23. The van der Waals surface area contributed by atoms with Crippen molar-refractivity contribution in [2.24, 2.45) is 0 Å². The third-order valence-electron chi connectivity index (χ3n) is 1.93. The number of ether oxygens (including phenoxy) is 2. The Balaban J connectivity index is 2.98. The molecule has 0 aromatic heterocycles. The van der Waals surface area contributed by atoms with Crippen LogP contribution in [0.2, 0.25) is 0 Å². The van der Waals surface area contributed by atoms with Crippen molar-refractivity contribution in [3.8, 4) is 36.2 Å². The van der Waals surface area contributed by atoms with Gasteiger partial charge < -0.3 is 9.47 Å². The summed E-state index contributed by atoms with van der Waals surface area (Å²) in [5.41, 5.74) is 0.492. The van der Waals surface area contributed by atoms with E-state index in [-0.39, 0.29) is 19.0 Å². The quantitative estimate of drug-likeness (QED) is 0.570. The van der Waals surface area contributed by atoms with E-state index in [0.29, 0.717) is 17.1 Å². The maximum atomic E-state index is 11.3. The number of carbonyl (C=O) groups is 1. The van der Waals surface area contributed by atoms with Gasteiger partial charge in [-0.1, -0.05) is 11.8 Å². The van der Waals surface area contributed by atoms with E-state index in [2.05, 4.69) is 11.8 Å². The number of ketones is 1. The summed E-state index contributed by atoms with van der Waals surface area (Å²) in [6.07, 6.45) is 10.2. The average Bonchev–Trinajstić information content (AvgIpc) is 2.33. The largest absolute Gasteiger partial charge is 0.481 e. The smallest absolute Gasteiger partial charge is 0.160 e.